The molecule has 1 N–H and O–H groups in total. The minimum absolute atomic E-state index is 0.125. The summed E-state index contributed by atoms with van der Waals surface area (Å²) in [5, 5.41) is 1.91. The number of nitrogens with one attached hydrogen (secondary N) is 1. The van der Waals surface area contributed by atoms with Crippen molar-refractivity contribution in [1.29, 1.82) is 0 Å². The minimum Gasteiger partial charge on any atom is -0.497 e. The number of anilines is 1. The lowest BCUT2D eigenvalue weighted by Crippen LogP contribution is -2.30. The third kappa shape index (κ3) is 4.65. The van der Waals surface area contributed by atoms with Gasteiger partial charge >= 0.3 is 0 Å². The zero-order valence-corrected chi connectivity index (χ0v) is 19.2. The van der Waals surface area contributed by atoms with Gasteiger partial charge in [-0.3, -0.25) is 9.59 Å². The molecule has 0 aromatic heterocycles. The van der Waals surface area contributed by atoms with Crippen LogP contribution in [0.4, 0.5) is 5.69 Å². The van der Waals surface area contributed by atoms with Gasteiger partial charge in [0.25, 0.3) is 0 Å². The Hall–Kier alpha value is -2.87. The van der Waals surface area contributed by atoms with E-state index in [4.69, 9.17) is 4.74 Å². The third-order valence-electron chi connectivity index (χ3n) is 6.09. The topological polar surface area (TPSA) is 92.8 Å². The molecule has 170 valence electrons. The molecule has 0 unspecified atom stereocenters. The second-order valence-corrected chi connectivity index (χ2v) is 10.9. The lowest BCUT2D eigenvalue weighted by atomic mass is 10.2. The normalized spacial score (nSPS) is 16.4. The summed E-state index contributed by atoms with van der Waals surface area (Å²) in [6.45, 7) is 2.44. The van der Waals surface area contributed by atoms with Crippen LogP contribution in [-0.4, -0.2) is 39.1 Å². The number of carbonyl (C=O) groups is 2. The summed E-state index contributed by atoms with van der Waals surface area (Å²) in [6.07, 6.45) is 2.39. The zero-order valence-electron chi connectivity index (χ0n) is 18.3. The fourth-order valence-electron chi connectivity index (χ4n) is 3.99. The number of fused-ring (bicyclic) bond motifs is 1. The maximum atomic E-state index is 13.1. The molecule has 7 nitrogen and oxygen atoms in total. The van der Waals surface area contributed by atoms with Crippen LogP contribution < -0.4 is 15.0 Å². The van der Waals surface area contributed by atoms with E-state index in [1.54, 1.807) is 37.1 Å². The Kier molecular flexibility index (Phi) is 6.24. The van der Waals surface area contributed by atoms with Gasteiger partial charge in [0.05, 0.1) is 17.3 Å². The summed E-state index contributed by atoms with van der Waals surface area (Å²) in [6, 6.07) is 12.3. The van der Waals surface area contributed by atoms with Crippen molar-refractivity contribution < 1.29 is 22.7 Å². The van der Waals surface area contributed by atoms with Crippen LogP contribution in [0, 0.1) is 5.92 Å². The first-order chi connectivity index (χ1) is 15.3. The average molecular weight is 457 g/mol. The summed E-state index contributed by atoms with van der Waals surface area (Å²) in [4.78, 5) is 26.8. The van der Waals surface area contributed by atoms with E-state index in [1.807, 2.05) is 24.3 Å². The Morgan fingerprint density at radius 1 is 1.19 bits per heavy atom. The van der Waals surface area contributed by atoms with Gasteiger partial charge in [-0.05, 0) is 67.6 Å². The molecule has 1 heterocycles. The van der Waals surface area contributed by atoms with Crippen molar-refractivity contribution in [2.45, 2.75) is 49.3 Å². The second-order valence-electron chi connectivity index (χ2n) is 8.49. The quantitative estimate of drug-likeness (QED) is 0.659. The fourth-order valence-corrected chi connectivity index (χ4v) is 5.39. The lowest BCUT2D eigenvalue weighted by molar-refractivity contribution is -0.121. The van der Waals surface area contributed by atoms with Crippen LogP contribution in [-0.2, 0) is 32.4 Å². The molecule has 2 aromatic carbocycles. The highest BCUT2D eigenvalue weighted by molar-refractivity contribution is 7.92. The van der Waals surface area contributed by atoms with Crippen molar-refractivity contribution in [2.75, 3.05) is 18.6 Å². The summed E-state index contributed by atoms with van der Waals surface area (Å²) in [7, 11) is -2.10. The molecule has 0 saturated heterocycles. The second kappa shape index (κ2) is 8.94. The van der Waals surface area contributed by atoms with Crippen LogP contribution >= 0.6 is 0 Å². The number of rotatable bonds is 8. The van der Waals surface area contributed by atoms with Gasteiger partial charge in [0, 0.05) is 31.1 Å². The van der Waals surface area contributed by atoms with Gasteiger partial charge in [-0.25, -0.2) is 8.42 Å². The molecular formula is C24H28N2O5S. The number of carbonyl (C=O) groups excluding carboxylic acids is 2. The van der Waals surface area contributed by atoms with Crippen LogP contribution in [0.15, 0.2) is 47.4 Å². The molecule has 0 spiro atoms. The van der Waals surface area contributed by atoms with Crippen molar-refractivity contribution in [3.05, 3.63) is 53.6 Å². The van der Waals surface area contributed by atoms with E-state index in [-0.39, 0.29) is 29.0 Å². The van der Waals surface area contributed by atoms with E-state index in [2.05, 4.69) is 5.32 Å². The highest BCUT2D eigenvalue weighted by Gasteiger charge is 2.37. The highest BCUT2D eigenvalue weighted by Crippen LogP contribution is 2.37. The van der Waals surface area contributed by atoms with E-state index < -0.39 is 15.1 Å². The smallest absolute Gasteiger partial charge is 0.230 e. The van der Waals surface area contributed by atoms with Crippen molar-refractivity contribution in [1.82, 2.24) is 5.32 Å². The first kappa shape index (κ1) is 22.3. The summed E-state index contributed by atoms with van der Waals surface area (Å²) in [5.41, 5.74) is 2.55. The van der Waals surface area contributed by atoms with Crippen LogP contribution in [0.25, 0.3) is 0 Å². The molecule has 2 amide bonds. The Labute approximate surface area is 188 Å². The molecule has 1 aliphatic heterocycles. The average Bonchev–Trinajstić information content (AvgIpc) is 3.56. The molecule has 1 saturated carbocycles. The number of methoxy groups -OCH3 is 1. The van der Waals surface area contributed by atoms with Gasteiger partial charge in [0.1, 0.15) is 5.75 Å². The predicted molar refractivity (Wildman–Crippen MR) is 121 cm³/mol. The van der Waals surface area contributed by atoms with E-state index in [0.29, 0.717) is 25.3 Å². The van der Waals surface area contributed by atoms with Crippen LogP contribution in [0.1, 0.15) is 37.3 Å². The molecule has 1 atom stereocenters. The Balaban J connectivity index is 1.39. The van der Waals surface area contributed by atoms with E-state index >= 15 is 0 Å². The minimum atomic E-state index is -3.68. The monoisotopic (exact) mass is 456 g/mol. The maximum Gasteiger partial charge on any atom is 0.230 e. The van der Waals surface area contributed by atoms with E-state index in [0.717, 1.165) is 29.7 Å². The largest absolute Gasteiger partial charge is 0.497 e. The SMILES string of the molecule is COc1cccc(CNC(=O)C[C@H](C)S(=O)(=O)c2ccc3c(c2)CCN3C(=O)C2CC2)c1. The number of hydrogen-bond acceptors (Lipinski definition) is 5. The molecule has 0 bridgehead atoms. The summed E-state index contributed by atoms with van der Waals surface area (Å²) < 4.78 is 31.3. The van der Waals surface area contributed by atoms with Crippen LogP contribution in [0.5, 0.6) is 5.75 Å². The van der Waals surface area contributed by atoms with E-state index in [1.165, 1.54) is 0 Å². The van der Waals surface area contributed by atoms with Gasteiger partial charge in [-0.2, -0.15) is 0 Å². The van der Waals surface area contributed by atoms with Gasteiger partial charge in [0.15, 0.2) is 9.84 Å². The number of nitrogens with zero attached hydrogens (tertiary/aromatic N) is 1. The van der Waals surface area contributed by atoms with E-state index in [9.17, 15) is 18.0 Å². The molecule has 32 heavy (non-hydrogen) atoms. The van der Waals surface area contributed by atoms with Gasteiger partial charge in [-0.1, -0.05) is 12.1 Å². The number of amides is 2. The van der Waals surface area contributed by atoms with Crippen LogP contribution in [0.3, 0.4) is 0 Å². The Morgan fingerprint density at radius 3 is 2.69 bits per heavy atom. The number of ether oxygens (including phenoxy) is 1. The molecular weight excluding hydrogens is 428 g/mol. The van der Waals surface area contributed by atoms with Gasteiger partial charge in [0.2, 0.25) is 11.8 Å². The highest BCUT2D eigenvalue weighted by atomic mass is 32.2. The van der Waals surface area contributed by atoms with Gasteiger partial charge in [-0.15, -0.1) is 0 Å². The summed E-state index contributed by atoms with van der Waals surface area (Å²) in [5.74, 6) is 0.633. The number of benzene rings is 2. The predicted octanol–water partition coefficient (Wildman–Crippen LogP) is 2.86. The molecule has 2 aliphatic rings. The van der Waals surface area contributed by atoms with Crippen molar-refractivity contribution in [2.24, 2.45) is 5.92 Å². The summed E-state index contributed by atoms with van der Waals surface area (Å²) >= 11 is 0. The molecule has 1 fully saturated rings. The molecule has 8 heteroatoms. The first-order valence-corrected chi connectivity index (χ1v) is 12.4. The number of hydrogen-bond donors (Lipinski definition) is 1. The van der Waals surface area contributed by atoms with Crippen molar-refractivity contribution >= 4 is 27.3 Å². The first-order valence-electron chi connectivity index (χ1n) is 10.9. The molecule has 0 radical (unpaired) electrons. The Morgan fingerprint density at radius 2 is 1.97 bits per heavy atom. The Bertz CT molecular complexity index is 1140. The van der Waals surface area contributed by atoms with Crippen LogP contribution in [0.2, 0.25) is 0 Å². The fraction of sp³-hybridized carbons (Fsp3) is 0.417. The standard InChI is InChI=1S/C24H28N2O5S/c1-16(12-23(27)25-15-17-4-3-5-20(13-17)31-2)32(29,30)21-8-9-22-19(14-21)10-11-26(22)24(28)18-6-7-18/h3-5,8-9,13-14,16,18H,6-7,10-12,15H2,1-2H3,(H,25,27)/t16-/m0/s1. The molecule has 4 rings (SSSR count). The van der Waals surface area contributed by atoms with Crippen molar-refractivity contribution in [3.63, 3.8) is 0 Å². The third-order valence-corrected chi connectivity index (χ3v) is 8.23. The van der Waals surface area contributed by atoms with Crippen molar-refractivity contribution in [3.8, 4) is 5.75 Å². The maximum absolute atomic E-state index is 13.1. The zero-order chi connectivity index (χ0) is 22.9. The number of sulfone groups is 1. The molecule has 1 aliphatic carbocycles. The van der Waals surface area contributed by atoms with Gasteiger partial charge < -0.3 is 15.0 Å². The lowest BCUT2D eigenvalue weighted by Gasteiger charge is -2.18. The molecule has 2 aromatic rings.